The van der Waals surface area contributed by atoms with Crippen molar-refractivity contribution in [3.05, 3.63) is 0 Å². The van der Waals surface area contributed by atoms with Gasteiger partial charge in [-0.2, -0.15) is 0 Å². The highest BCUT2D eigenvalue weighted by atomic mass is 16.5. The van der Waals surface area contributed by atoms with Gasteiger partial charge in [0, 0.05) is 6.61 Å². The summed E-state index contributed by atoms with van der Waals surface area (Å²) in [4.78, 5) is 0. The molecule has 0 aromatic carbocycles. The van der Waals surface area contributed by atoms with Crippen molar-refractivity contribution in [3.63, 3.8) is 0 Å². The first-order valence-corrected chi connectivity index (χ1v) is 4.22. The van der Waals surface area contributed by atoms with Crippen molar-refractivity contribution >= 4 is 0 Å². The Bertz CT molecular complexity index is 116. The Morgan fingerprint density at radius 1 is 1.40 bits per heavy atom. The Morgan fingerprint density at radius 3 is 2.70 bits per heavy atom. The second-order valence-corrected chi connectivity index (χ2v) is 3.31. The summed E-state index contributed by atoms with van der Waals surface area (Å²) in [5.74, 6) is 2.83. The highest BCUT2D eigenvalue weighted by Crippen LogP contribution is 2.48. The van der Waals surface area contributed by atoms with Gasteiger partial charge in [-0.05, 0) is 37.8 Å². The normalized spacial score (nSPS) is 43.5. The Balaban J connectivity index is 1.69. The molecule has 0 bridgehead atoms. The number of ether oxygens (including phenoxy) is 1. The van der Waals surface area contributed by atoms with E-state index in [1.165, 1.54) is 13.1 Å². The van der Waals surface area contributed by atoms with Crippen LogP contribution >= 0.6 is 0 Å². The molecule has 58 valence electrons. The van der Waals surface area contributed by atoms with Gasteiger partial charge in [-0.25, -0.2) is 0 Å². The van der Waals surface area contributed by atoms with Gasteiger partial charge in [0.15, 0.2) is 0 Å². The van der Waals surface area contributed by atoms with Crippen molar-refractivity contribution in [1.29, 1.82) is 0 Å². The molecule has 0 radical (unpaired) electrons. The first-order chi connectivity index (χ1) is 4.93. The maximum atomic E-state index is 5.37. The number of piperidine rings is 1. The average Bonchev–Trinajstić information content (AvgIpc) is 2.46. The maximum Gasteiger partial charge on any atom is 0.0500 e. The molecule has 3 atom stereocenters. The molecule has 1 aliphatic carbocycles. The van der Waals surface area contributed by atoms with Crippen LogP contribution in [0.4, 0.5) is 0 Å². The molecule has 2 aliphatic rings. The summed E-state index contributed by atoms with van der Waals surface area (Å²) in [6, 6.07) is 0. The number of hydrogen-bond donors (Lipinski definition) is 1. The summed E-state index contributed by atoms with van der Waals surface area (Å²) >= 11 is 0. The highest BCUT2D eigenvalue weighted by molar-refractivity contribution is 5.03. The smallest absolute Gasteiger partial charge is 0.0500 e. The fourth-order valence-electron chi connectivity index (χ4n) is 2.05. The Morgan fingerprint density at radius 2 is 2.10 bits per heavy atom. The van der Waals surface area contributed by atoms with Gasteiger partial charge in [-0.3, -0.25) is 0 Å². The fraction of sp³-hybridized carbons (Fsp3) is 1.00. The zero-order chi connectivity index (χ0) is 6.97. The summed E-state index contributed by atoms with van der Waals surface area (Å²) < 4.78 is 5.37. The zero-order valence-corrected chi connectivity index (χ0v) is 6.47. The molecular formula is C8H15NO. The van der Waals surface area contributed by atoms with Gasteiger partial charge < -0.3 is 10.1 Å². The van der Waals surface area contributed by atoms with Gasteiger partial charge in [0.05, 0.1) is 6.61 Å². The highest BCUT2D eigenvalue weighted by Gasteiger charge is 2.52. The van der Waals surface area contributed by atoms with Gasteiger partial charge in [-0.15, -0.1) is 0 Å². The van der Waals surface area contributed by atoms with Crippen LogP contribution in [0.1, 0.15) is 6.92 Å². The van der Waals surface area contributed by atoms with Crippen LogP contribution < -0.4 is 5.32 Å². The lowest BCUT2D eigenvalue weighted by molar-refractivity contribution is 0.128. The van der Waals surface area contributed by atoms with E-state index in [0.29, 0.717) is 0 Å². The largest absolute Gasteiger partial charge is 0.381 e. The van der Waals surface area contributed by atoms with Crippen LogP contribution in [0.15, 0.2) is 0 Å². The molecule has 2 fully saturated rings. The molecule has 1 aliphatic heterocycles. The van der Waals surface area contributed by atoms with E-state index in [9.17, 15) is 0 Å². The summed E-state index contributed by atoms with van der Waals surface area (Å²) in [5.41, 5.74) is 0. The van der Waals surface area contributed by atoms with Crippen molar-refractivity contribution in [1.82, 2.24) is 5.32 Å². The molecule has 2 rings (SSSR count). The predicted octanol–water partition coefficient (Wildman–Crippen LogP) is 0.488. The molecule has 0 amide bonds. The summed E-state index contributed by atoms with van der Waals surface area (Å²) in [7, 11) is 0. The SMILES string of the molecule is CCOC[C@H]1[C@@H]2CNC[C@@H]21. The standard InChI is InChI=1S/C8H15NO/c1-2-10-5-8-6-3-9-4-7(6)8/h6-9H,2-5H2,1H3/t6-,7+,8+. The van der Waals surface area contributed by atoms with Gasteiger partial charge in [0.2, 0.25) is 0 Å². The minimum Gasteiger partial charge on any atom is -0.381 e. The fourth-order valence-corrected chi connectivity index (χ4v) is 2.05. The van der Waals surface area contributed by atoms with Crippen molar-refractivity contribution < 1.29 is 4.74 Å². The first kappa shape index (κ1) is 6.62. The monoisotopic (exact) mass is 141 g/mol. The van der Waals surface area contributed by atoms with Crippen LogP contribution in [0.2, 0.25) is 0 Å². The zero-order valence-electron chi connectivity index (χ0n) is 6.47. The first-order valence-electron chi connectivity index (χ1n) is 4.22. The van der Waals surface area contributed by atoms with E-state index >= 15 is 0 Å². The predicted molar refractivity (Wildman–Crippen MR) is 39.8 cm³/mol. The number of nitrogens with one attached hydrogen (secondary N) is 1. The Kier molecular flexibility index (Phi) is 1.66. The lowest BCUT2D eigenvalue weighted by atomic mass is 10.3. The van der Waals surface area contributed by atoms with Crippen molar-refractivity contribution in [3.8, 4) is 0 Å². The summed E-state index contributed by atoms with van der Waals surface area (Å²) in [6.07, 6.45) is 0. The topological polar surface area (TPSA) is 21.3 Å². The molecule has 2 heteroatoms. The minimum absolute atomic E-state index is 0.878. The molecule has 0 unspecified atom stereocenters. The molecule has 1 saturated heterocycles. The Labute approximate surface area is 61.9 Å². The quantitative estimate of drug-likeness (QED) is 0.617. The molecule has 1 N–H and O–H groups in total. The number of rotatable bonds is 3. The van der Waals surface area contributed by atoms with E-state index in [1.807, 2.05) is 0 Å². The summed E-state index contributed by atoms with van der Waals surface area (Å²) in [5, 5.41) is 3.37. The number of fused-ring (bicyclic) bond motifs is 1. The van der Waals surface area contributed by atoms with Crippen LogP contribution in [0.3, 0.4) is 0 Å². The molecule has 0 spiro atoms. The molecule has 0 aromatic rings. The maximum absolute atomic E-state index is 5.37. The number of hydrogen-bond acceptors (Lipinski definition) is 2. The molecular weight excluding hydrogens is 126 g/mol. The van der Waals surface area contributed by atoms with Gasteiger partial charge in [0.1, 0.15) is 0 Å². The van der Waals surface area contributed by atoms with E-state index in [0.717, 1.165) is 31.0 Å². The van der Waals surface area contributed by atoms with E-state index in [2.05, 4.69) is 12.2 Å². The minimum atomic E-state index is 0.878. The second kappa shape index (κ2) is 2.51. The van der Waals surface area contributed by atoms with Crippen molar-refractivity contribution in [2.24, 2.45) is 17.8 Å². The van der Waals surface area contributed by atoms with E-state index in [-0.39, 0.29) is 0 Å². The van der Waals surface area contributed by atoms with Crippen molar-refractivity contribution in [2.75, 3.05) is 26.3 Å². The molecule has 0 aromatic heterocycles. The molecule has 1 heterocycles. The third-order valence-corrected chi connectivity index (χ3v) is 2.78. The molecule has 2 nitrogen and oxygen atoms in total. The lowest BCUT2D eigenvalue weighted by Crippen LogP contribution is -2.16. The van der Waals surface area contributed by atoms with Crippen LogP contribution in [0.25, 0.3) is 0 Å². The third-order valence-electron chi connectivity index (χ3n) is 2.78. The summed E-state index contributed by atoms with van der Waals surface area (Å²) in [6.45, 7) is 6.43. The third kappa shape index (κ3) is 0.956. The van der Waals surface area contributed by atoms with E-state index < -0.39 is 0 Å². The van der Waals surface area contributed by atoms with E-state index in [4.69, 9.17) is 4.74 Å². The lowest BCUT2D eigenvalue weighted by Gasteiger charge is -2.02. The Hall–Kier alpha value is -0.0800. The van der Waals surface area contributed by atoms with E-state index in [1.54, 1.807) is 0 Å². The second-order valence-electron chi connectivity index (χ2n) is 3.31. The average molecular weight is 141 g/mol. The van der Waals surface area contributed by atoms with Crippen LogP contribution in [-0.2, 0) is 4.74 Å². The molecule has 10 heavy (non-hydrogen) atoms. The van der Waals surface area contributed by atoms with Crippen molar-refractivity contribution in [2.45, 2.75) is 6.92 Å². The van der Waals surface area contributed by atoms with Gasteiger partial charge >= 0.3 is 0 Å². The van der Waals surface area contributed by atoms with Gasteiger partial charge in [0.25, 0.3) is 0 Å². The molecule has 1 saturated carbocycles. The van der Waals surface area contributed by atoms with Gasteiger partial charge in [-0.1, -0.05) is 0 Å². The van der Waals surface area contributed by atoms with Crippen LogP contribution in [-0.4, -0.2) is 26.3 Å². The van der Waals surface area contributed by atoms with Crippen LogP contribution in [0, 0.1) is 17.8 Å². The van der Waals surface area contributed by atoms with Crippen LogP contribution in [0.5, 0.6) is 0 Å².